The summed E-state index contributed by atoms with van der Waals surface area (Å²) in [5, 5.41) is 5.14. The first-order valence-corrected chi connectivity index (χ1v) is 6.56. The number of aryl methyl sites for hydroxylation is 1. The van der Waals surface area contributed by atoms with Gasteiger partial charge in [0.1, 0.15) is 5.82 Å². The topological polar surface area (TPSA) is 12.0 Å². The van der Waals surface area contributed by atoms with E-state index in [2.05, 4.69) is 21.2 Å². The lowest BCUT2D eigenvalue weighted by molar-refractivity contribution is 0.629. The number of rotatable bonds is 3. The summed E-state index contributed by atoms with van der Waals surface area (Å²) >= 11 is 5.04. The Labute approximate surface area is 106 Å². The van der Waals surface area contributed by atoms with Gasteiger partial charge in [-0.1, -0.05) is 12.1 Å². The van der Waals surface area contributed by atoms with Crippen LogP contribution in [-0.2, 0) is 6.54 Å². The smallest absolute Gasteiger partial charge is 0.146 e. The third kappa shape index (κ3) is 2.62. The van der Waals surface area contributed by atoms with Crippen molar-refractivity contribution in [2.75, 3.05) is 5.32 Å². The van der Waals surface area contributed by atoms with E-state index < -0.39 is 0 Å². The van der Waals surface area contributed by atoms with Crippen LogP contribution in [0, 0.1) is 12.7 Å². The maximum atomic E-state index is 13.5. The molecule has 1 N–H and O–H groups in total. The fourth-order valence-corrected chi connectivity index (χ4v) is 2.87. The summed E-state index contributed by atoms with van der Waals surface area (Å²) in [5.74, 6) is -0.198. The van der Waals surface area contributed by atoms with Crippen molar-refractivity contribution in [2.45, 2.75) is 13.5 Å². The van der Waals surface area contributed by atoms with Crippen molar-refractivity contribution in [3.05, 3.63) is 50.4 Å². The molecule has 16 heavy (non-hydrogen) atoms. The Morgan fingerprint density at radius 1 is 1.44 bits per heavy atom. The van der Waals surface area contributed by atoms with E-state index in [4.69, 9.17) is 0 Å². The second-order valence-electron chi connectivity index (χ2n) is 3.52. The Morgan fingerprint density at radius 2 is 2.25 bits per heavy atom. The number of para-hydroxylation sites is 1. The Kier molecular flexibility index (Phi) is 3.61. The molecule has 1 aromatic carbocycles. The molecule has 0 unspecified atom stereocenters. The molecule has 84 valence electrons. The molecule has 0 aliphatic rings. The highest BCUT2D eigenvalue weighted by Crippen LogP contribution is 2.23. The van der Waals surface area contributed by atoms with Gasteiger partial charge in [-0.05, 0) is 40.5 Å². The summed E-state index contributed by atoms with van der Waals surface area (Å²) < 4.78 is 14.6. The van der Waals surface area contributed by atoms with Gasteiger partial charge in [0.15, 0.2) is 0 Å². The van der Waals surface area contributed by atoms with E-state index in [1.54, 1.807) is 17.4 Å². The number of benzene rings is 1. The lowest BCUT2D eigenvalue weighted by Gasteiger charge is -2.09. The van der Waals surface area contributed by atoms with E-state index in [1.165, 1.54) is 10.9 Å². The molecule has 0 saturated heterocycles. The van der Waals surface area contributed by atoms with E-state index in [0.717, 1.165) is 10.0 Å². The van der Waals surface area contributed by atoms with Gasteiger partial charge in [-0.3, -0.25) is 0 Å². The minimum absolute atomic E-state index is 0.198. The second kappa shape index (κ2) is 4.97. The zero-order valence-corrected chi connectivity index (χ0v) is 11.2. The lowest BCUT2D eigenvalue weighted by Crippen LogP contribution is -2.01. The van der Waals surface area contributed by atoms with Crippen molar-refractivity contribution in [3.8, 4) is 0 Å². The van der Waals surface area contributed by atoms with E-state index in [-0.39, 0.29) is 5.82 Å². The maximum absolute atomic E-state index is 13.5. The van der Waals surface area contributed by atoms with Crippen molar-refractivity contribution < 1.29 is 4.39 Å². The van der Waals surface area contributed by atoms with Gasteiger partial charge in [0.25, 0.3) is 0 Å². The fourth-order valence-electron chi connectivity index (χ4n) is 1.48. The lowest BCUT2D eigenvalue weighted by atomic mass is 10.2. The van der Waals surface area contributed by atoms with E-state index >= 15 is 0 Å². The molecule has 2 rings (SSSR count). The molecule has 0 aliphatic heterocycles. The molecular weight excluding hydrogens is 289 g/mol. The minimum Gasteiger partial charge on any atom is -0.378 e. The Balaban J connectivity index is 2.10. The summed E-state index contributed by atoms with van der Waals surface area (Å²) in [6.07, 6.45) is 0. The third-order valence-corrected chi connectivity index (χ3v) is 3.98. The quantitative estimate of drug-likeness (QED) is 0.875. The zero-order chi connectivity index (χ0) is 11.5. The van der Waals surface area contributed by atoms with Crippen LogP contribution in [0.5, 0.6) is 0 Å². The van der Waals surface area contributed by atoms with Gasteiger partial charge in [0, 0.05) is 21.3 Å². The molecule has 0 radical (unpaired) electrons. The van der Waals surface area contributed by atoms with Crippen molar-refractivity contribution >= 4 is 33.0 Å². The largest absolute Gasteiger partial charge is 0.378 e. The molecule has 1 nitrogen and oxygen atoms in total. The second-order valence-corrected chi connectivity index (χ2v) is 5.43. The van der Waals surface area contributed by atoms with Crippen LogP contribution in [-0.4, -0.2) is 0 Å². The SMILES string of the molecule is Cc1cccc(F)c1NCc1cc(Br)cs1. The van der Waals surface area contributed by atoms with Crippen LogP contribution in [0.15, 0.2) is 34.1 Å². The van der Waals surface area contributed by atoms with E-state index in [1.807, 2.05) is 24.4 Å². The number of hydrogen-bond donors (Lipinski definition) is 1. The number of nitrogens with one attached hydrogen (secondary N) is 1. The van der Waals surface area contributed by atoms with Gasteiger partial charge in [-0.15, -0.1) is 11.3 Å². The van der Waals surface area contributed by atoms with Crippen molar-refractivity contribution in [1.29, 1.82) is 0 Å². The highest BCUT2D eigenvalue weighted by atomic mass is 79.9. The summed E-state index contributed by atoms with van der Waals surface area (Å²) in [6, 6.07) is 7.13. The number of halogens is 2. The third-order valence-electron chi connectivity index (χ3n) is 2.28. The van der Waals surface area contributed by atoms with Gasteiger partial charge in [0.2, 0.25) is 0 Å². The normalized spacial score (nSPS) is 10.4. The molecule has 0 fully saturated rings. The molecule has 1 heterocycles. The van der Waals surface area contributed by atoms with Crippen molar-refractivity contribution in [1.82, 2.24) is 0 Å². The summed E-state index contributed by atoms with van der Waals surface area (Å²) in [7, 11) is 0. The predicted octanol–water partition coefficient (Wildman–Crippen LogP) is 4.57. The van der Waals surface area contributed by atoms with Crippen LogP contribution in [0.4, 0.5) is 10.1 Å². The van der Waals surface area contributed by atoms with Crippen LogP contribution in [0.1, 0.15) is 10.4 Å². The molecule has 0 bridgehead atoms. The minimum atomic E-state index is -0.198. The Bertz CT molecular complexity index is 475. The molecular formula is C12H11BrFNS. The Morgan fingerprint density at radius 3 is 2.88 bits per heavy atom. The van der Waals surface area contributed by atoms with E-state index in [9.17, 15) is 4.39 Å². The van der Waals surface area contributed by atoms with Crippen LogP contribution in [0.2, 0.25) is 0 Å². The average Bonchev–Trinajstić information content (AvgIpc) is 2.63. The van der Waals surface area contributed by atoms with Crippen LogP contribution < -0.4 is 5.32 Å². The summed E-state index contributed by atoms with van der Waals surface area (Å²) in [5.41, 5.74) is 1.52. The van der Waals surface area contributed by atoms with Gasteiger partial charge in [0.05, 0.1) is 5.69 Å². The van der Waals surface area contributed by atoms with Crippen LogP contribution in [0.25, 0.3) is 0 Å². The average molecular weight is 300 g/mol. The molecule has 4 heteroatoms. The fraction of sp³-hybridized carbons (Fsp3) is 0.167. The van der Waals surface area contributed by atoms with Gasteiger partial charge in [-0.25, -0.2) is 4.39 Å². The number of anilines is 1. The molecule has 0 aliphatic carbocycles. The van der Waals surface area contributed by atoms with Gasteiger partial charge < -0.3 is 5.32 Å². The first-order chi connectivity index (χ1) is 7.66. The van der Waals surface area contributed by atoms with Crippen LogP contribution >= 0.6 is 27.3 Å². The number of thiophene rings is 1. The standard InChI is InChI=1S/C12H11BrFNS/c1-8-3-2-4-11(14)12(8)15-6-10-5-9(13)7-16-10/h2-5,7,15H,6H2,1H3. The molecule has 1 aromatic heterocycles. The predicted molar refractivity (Wildman–Crippen MR) is 70.5 cm³/mol. The molecule has 0 atom stereocenters. The zero-order valence-electron chi connectivity index (χ0n) is 8.76. The number of hydrogen-bond acceptors (Lipinski definition) is 2. The molecule has 0 saturated carbocycles. The summed E-state index contributed by atoms with van der Waals surface area (Å²) in [6.45, 7) is 2.55. The van der Waals surface area contributed by atoms with Gasteiger partial charge >= 0.3 is 0 Å². The van der Waals surface area contributed by atoms with E-state index in [0.29, 0.717) is 12.2 Å². The van der Waals surface area contributed by atoms with Crippen LogP contribution in [0.3, 0.4) is 0 Å². The van der Waals surface area contributed by atoms with Crippen molar-refractivity contribution in [2.24, 2.45) is 0 Å². The summed E-state index contributed by atoms with van der Waals surface area (Å²) in [4.78, 5) is 1.18. The first-order valence-electron chi connectivity index (χ1n) is 4.88. The highest BCUT2D eigenvalue weighted by Gasteiger charge is 2.05. The Hall–Kier alpha value is -0.870. The molecule has 2 aromatic rings. The van der Waals surface area contributed by atoms with Gasteiger partial charge in [-0.2, -0.15) is 0 Å². The monoisotopic (exact) mass is 299 g/mol. The maximum Gasteiger partial charge on any atom is 0.146 e. The molecule has 0 amide bonds. The molecule has 0 spiro atoms. The first kappa shape index (κ1) is 11.6. The van der Waals surface area contributed by atoms with Crippen molar-refractivity contribution in [3.63, 3.8) is 0 Å². The highest BCUT2D eigenvalue weighted by molar-refractivity contribution is 9.10.